The van der Waals surface area contributed by atoms with E-state index in [1.54, 1.807) is 36.4 Å². The number of hydrogen-bond acceptors (Lipinski definition) is 5. The summed E-state index contributed by atoms with van der Waals surface area (Å²) in [5.74, 6) is 0.312. The molecule has 3 aromatic rings. The van der Waals surface area contributed by atoms with Crippen molar-refractivity contribution in [3.05, 3.63) is 84.4 Å². The van der Waals surface area contributed by atoms with Gasteiger partial charge in [0, 0.05) is 5.56 Å². The fraction of sp³-hybridized carbons (Fsp3) is 0.192. The molecule has 0 aromatic heterocycles. The predicted molar refractivity (Wildman–Crippen MR) is 136 cm³/mol. The third-order valence-electron chi connectivity index (χ3n) is 4.74. The number of unbranched alkanes of at least 4 members (excludes halogenated alkanes) is 1. The Morgan fingerprint density at radius 3 is 2.29 bits per heavy atom. The summed E-state index contributed by atoms with van der Waals surface area (Å²) in [6, 6.07) is 24.2. The van der Waals surface area contributed by atoms with Crippen LogP contribution in [0.5, 0.6) is 11.5 Å². The largest absolute Gasteiger partial charge is 0.494 e. The quantitative estimate of drug-likeness (QED) is 0.243. The van der Waals surface area contributed by atoms with Gasteiger partial charge < -0.3 is 9.47 Å². The molecule has 0 aliphatic rings. The summed E-state index contributed by atoms with van der Waals surface area (Å²) >= 11 is 5.08. The fourth-order valence-corrected chi connectivity index (χ4v) is 3.10. The molecule has 3 N–H and O–H groups in total. The number of thiocarbonyl (C=S) groups is 1. The van der Waals surface area contributed by atoms with Gasteiger partial charge in [-0.15, -0.1) is 0 Å². The minimum Gasteiger partial charge on any atom is -0.494 e. The van der Waals surface area contributed by atoms with Crippen molar-refractivity contribution in [3.8, 4) is 22.6 Å². The Hall–Kier alpha value is -3.91. The van der Waals surface area contributed by atoms with Crippen LogP contribution in [0.15, 0.2) is 78.9 Å². The number of benzene rings is 3. The van der Waals surface area contributed by atoms with Crippen molar-refractivity contribution >= 4 is 29.1 Å². The van der Waals surface area contributed by atoms with Crippen LogP contribution in [0.3, 0.4) is 0 Å². The van der Waals surface area contributed by atoms with Gasteiger partial charge in [0.05, 0.1) is 6.61 Å². The van der Waals surface area contributed by atoms with Crippen molar-refractivity contribution in [2.24, 2.45) is 0 Å². The topological polar surface area (TPSA) is 88.7 Å². The second-order valence-corrected chi connectivity index (χ2v) is 7.77. The van der Waals surface area contributed by atoms with E-state index < -0.39 is 11.8 Å². The monoisotopic (exact) mass is 477 g/mol. The first-order valence-corrected chi connectivity index (χ1v) is 11.4. The Balaban J connectivity index is 1.39. The van der Waals surface area contributed by atoms with Crippen LogP contribution < -0.4 is 25.6 Å². The molecule has 0 bridgehead atoms. The summed E-state index contributed by atoms with van der Waals surface area (Å²) in [6.07, 6.45) is 1.96. The number of carbonyl (C=O) groups is 2. The molecule has 8 heteroatoms. The van der Waals surface area contributed by atoms with Crippen molar-refractivity contribution in [2.75, 3.05) is 13.2 Å². The van der Waals surface area contributed by atoms with E-state index in [1.165, 1.54) is 0 Å². The molecule has 0 atom stereocenters. The zero-order chi connectivity index (χ0) is 24.2. The molecule has 3 aromatic carbocycles. The Morgan fingerprint density at radius 2 is 1.56 bits per heavy atom. The van der Waals surface area contributed by atoms with Crippen LogP contribution in [0.25, 0.3) is 11.1 Å². The summed E-state index contributed by atoms with van der Waals surface area (Å²) in [7, 11) is 0. The van der Waals surface area contributed by atoms with Crippen LogP contribution in [0.4, 0.5) is 0 Å². The summed E-state index contributed by atoms with van der Waals surface area (Å²) in [5, 5.41) is 2.47. The SMILES string of the molecule is CCCCOc1cccc(C(=O)NC(=S)NNC(=O)COc2ccc(-c3ccccc3)cc2)c1. The van der Waals surface area contributed by atoms with Crippen molar-refractivity contribution < 1.29 is 19.1 Å². The van der Waals surface area contributed by atoms with Gasteiger partial charge in [-0.05, 0) is 60.1 Å². The average Bonchev–Trinajstić information content (AvgIpc) is 2.87. The molecule has 2 amide bonds. The third kappa shape index (κ3) is 7.90. The molecule has 0 aliphatic heterocycles. The number of hydrazine groups is 1. The maximum atomic E-state index is 12.4. The third-order valence-corrected chi connectivity index (χ3v) is 4.94. The number of carbonyl (C=O) groups excluding carboxylic acids is 2. The van der Waals surface area contributed by atoms with Crippen LogP contribution in [0.2, 0.25) is 0 Å². The van der Waals surface area contributed by atoms with Gasteiger partial charge in [-0.25, -0.2) is 0 Å². The molecule has 0 unspecified atom stereocenters. The van der Waals surface area contributed by atoms with E-state index in [0.29, 0.717) is 23.7 Å². The highest BCUT2D eigenvalue weighted by molar-refractivity contribution is 7.80. The van der Waals surface area contributed by atoms with Gasteiger partial charge in [0.1, 0.15) is 11.5 Å². The second kappa shape index (κ2) is 13.0. The van der Waals surface area contributed by atoms with E-state index in [2.05, 4.69) is 23.1 Å². The molecule has 34 heavy (non-hydrogen) atoms. The maximum Gasteiger partial charge on any atom is 0.276 e. The Kier molecular flexibility index (Phi) is 9.42. The number of ether oxygens (including phenoxy) is 2. The maximum absolute atomic E-state index is 12.4. The van der Waals surface area contributed by atoms with Gasteiger partial charge in [0.2, 0.25) is 0 Å². The number of nitrogens with one attached hydrogen (secondary N) is 3. The van der Waals surface area contributed by atoms with Gasteiger partial charge in [-0.1, -0.05) is 61.9 Å². The first-order chi connectivity index (χ1) is 16.5. The summed E-state index contributed by atoms with van der Waals surface area (Å²) in [6.45, 7) is 2.45. The molecule has 0 heterocycles. The Morgan fingerprint density at radius 1 is 0.824 bits per heavy atom. The van der Waals surface area contributed by atoms with Crippen molar-refractivity contribution in [1.29, 1.82) is 0 Å². The number of amides is 2. The number of hydrogen-bond donors (Lipinski definition) is 3. The van der Waals surface area contributed by atoms with Crippen molar-refractivity contribution in [3.63, 3.8) is 0 Å². The summed E-state index contributed by atoms with van der Waals surface area (Å²) < 4.78 is 11.1. The molecular formula is C26H27N3O4S. The standard InChI is InChI=1S/C26H27N3O4S/c1-2-3-16-32-23-11-7-10-21(17-23)25(31)27-26(34)29-28-24(30)18-33-22-14-12-20(13-15-22)19-8-5-4-6-9-19/h4-15,17H,2-3,16,18H2,1H3,(H,28,30)(H2,27,29,31,34). The molecule has 0 aliphatic carbocycles. The van der Waals surface area contributed by atoms with Crippen LogP contribution in [0, 0.1) is 0 Å². The number of rotatable bonds is 9. The van der Waals surface area contributed by atoms with Gasteiger partial charge in [-0.3, -0.25) is 25.8 Å². The van der Waals surface area contributed by atoms with E-state index in [9.17, 15) is 9.59 Å². The zero-order valence-corrected chi connectivity index (χ0v) is 19.7. The average molecular weight is 478 g/mol. The molecule has 0 radical (unpaired) electrons. The lowest BCUT2D eigenvalue weighted by molar-refractivity contribution is -0.123. The Labute approximate surface area is 204 Å². The molecule has 0 fully saturated rings. The van der Waals surface area contributed by atoms with Crippen LogP contribution in [-0.4, -0.2) is 30.1 Å². The molecule has 7 nitrogen and oxygen atoms in total. The molecule has 0 spiro atoms. The molecular weight excluding hydrogens is 450 g/mol. The molecule has 0 saturated carbocycles. The zero-order valence-electron chi connectivity index (χ0n) is 18.9. The molecule has 0 saturated heterocycles. The Bertz CT molecular complexity index is 1100. The van der Waals surface area contributed by atoms with Crippen LogP contribution in [0.1, 0.15) is 30.1 Å². The highest BCUT2D eigenvalue weighted by atomic mass is 32.1. The van der Waals surface area contributed by atoms with Crippen molar-refractivity contribution in [1.82, 2.24) is 16.2 Å². The van der Waals surface area contributed by atoms with Crippen molar-refractivity contribution in [2.45, 2.75) is 19.8 Å². The minimum atomic E-state index is -0.449. The van der Waals surface area contributed by atoms with E-state index in [0.717, 1.165) is 24.0 Å². The first-order valence-electron chi connectivity index (χ1n) is 11.0. The van der Waals surface area contributed by atoms with E-state index in [4.69, 9.17) is 21.7 Å². The first kappa shape index (κ1) is 24.7. The fourth-order valence-electron chi connectivity index (χ4n) is 2.95. The van der Waals surface area contributed by atoms with Crippen LogP contribution >= 0.6 is 12.2 Å². The lowest BCUT2D eigenvalue weighted by atomic mass is 10.1. The normalized spacial score (nSPS) is 10.1. The lowest BCUT2D eigenvalue weighted by Crippen LogP contribution is -2.49. The van der Waals surface area contributed by atoms with Gasteiger partial charge >= 0.3 is 0 Å². The van der Waals surface area contributed by atoms with Crippen LogP contribution in [-0.2, 0) is 4.79 Å². The smallest absolute Gasteiger partial charge is 0.276 e. The highest BCUT2D eigenvalue weighted by Crippen LogP contribution is 2.22. The van der Waals surface area contributed by atoms with Gasteiger partial charge in [-0.2, -0.15) is 0 Å². The van der Waals surface area contributed by atoms with E-state index >= 15 is 0 Å². The molecule has 176 valence electrons. The van der Waals surface area contributed by atoms with Gasteiger partial charge in [0.25, 0.3) is 11.8 Å². The summed E-state index contributed by atoms with van der Waals surface area (Å²) in [5.41, 5.74) is 7.44. The minimum absolute atomic E-state index is 0.0390. The lowest BCUT2D eigenvalue weighted by Gasteiger charge is -2.12. The van der Waals surface area contributed by atoms with E-state index in [-0.39, 0.29) is 11.7 Å². The molecule has 3 rings (SSSR count). The van der Waals surface area contributed by atoms with E-state index in [1.807, 2.05) is 42.5 Å². The summed E-state index contributed by atoms with van der Waals surface area (Å²) in [4.78, 5) is 24.4. The highest BCUT2D eigenvalue weighted by Gasteiger charge is 2.10. The second-order valence-electron chi connectivity index (χ2n) is 7.37. The predicted octanol–water partition coefficient (Wildman–Crippen LogP) is 4.25. The van der Waals surface area contributed by atoms with Gasteiger partial charge in [0.15, 0.2) is 11.7 Å².